The van der Waals surface area contributed by atoms with E-state index in [1.807, 2.05) is 0 Å². The van der Waals surface area contributed by atoms with E-state index in [0.717, 1.165) is 38.9 Å². The predicted octanol–water partition coefficient (Wildman–Crippen LogP) is 2.87. The highest BCUT2D eigenvalue weighted by atomic mass is 16.5. The van der Waals surface area contributed by atoms with Crippen molar-refractivity contribution >= 4 is 0 Å². The molecule has 4 nitrogen and oxygen atoms in total. The standard InChI is InChI=1S/C18H38N2O2/c1-17(2)7-5-6-13-21-15-16-22-14-12-19-8-10-20(11-9-19)18(3)4/h17-18H,5-16H2,1-4H3. The lowest BCUT2D eigenvalue weighted by Gasteiger charge is -2.36. The first kappa shape index (κ1) is 19.9. The first-order valence-corrected chi connectivity index (χ1v) is 9.21. The van der Waals surface area contributed by atoms with Gasteiger partial charge in [0.15, 0.2) is 0 Å². The topological polar surface area (TPSA) is 24.9 Å². The van der Waals surface area contributed by atoms with E-state index in [9.17, 15) is 0 Å². The van der Waals surface area contributed by atoms with Gasteiger partial charge in [-0.1, -0.05) is 26.7 Å². The van der Waals surface area contributed by atoms with Gasteiger partial charge in [0.05, 0.1) is 19.8 Å². The van der Waals surface area contributed by atoms with Crippen molar-refractivity contribution in [3.63, 3.8) is 0 Å². The molecule has 0 atom stereocenters. The molecule has 0 amide bonds. The van der Waals surface area contributed by atoms with Crippen molar-refractivity contribution in [3.05, 3.63) is 0 Å². The number of hydrogen-bond acceptors (Lipinski definition) is 4. The molecule has 0 N–H and O–H groups in total. The van der Waals surface area contributed by atoms with Crippen LogP contribution in [0.2, 0.25) is 0 Å². The summed E-state index contributed by atoms with van der Waals surface area (Å²) in [5.41, 5.74) is 0. The van der Waals surface area contributed by atoms with Crippen LogP contribution in [0.15, 0.2) is 0 Å². The third kappa shape index (κ3) is 9.78. The van der Waals surface area contributed by atoms with Crippen LogP contribution in [-0.4, -0.2) is 75.0 Å². The number of rotatable bonds is 12. The van der Waals surface area contributed by atoms with Crippen molar-refractivity contribution in [3.8, 4) is 0 Å². The Hall–Kier alpha value is -0.160. The van der Waals surface area contributed by atoms with Crippen molar-refractivity contribution in [1.82, 2.24) is 9.80 Å². The smallest absolute Gasteiger partial charge is 0.0701 e. The molecule has 1 rings (SSSR count). The van der Waals surface area contributed by atoms with Crippen molar-refractivity contribution in [2.45, 2.75) is 53.0 Å². The Morgan fingerprint density at radius 2 is 1.41 bits per heavy atom. The van der Waals surface area contributed by atoms with Gasteiger partial charge < -0.3 is 9.47 Å². The molecule has 0 aromatic heterocycles. The fourth-order valence-corrected chi connectivity index (χ4v) is 2.78. The van der Waals surface area contributed by atoms with Crippen LogP contribution in [0, 0.1) is 5.92 Å². The SMILES string of the molecule is CC(C)CCCCOCCOCCN1CCN(C(C)C)CC1. The van der Waals surface area contributed by atoms with Gasteiger partial charge >= 0.3 is 0 Å². The molecular formula is C18H38N2O2. The largest absolute Gasteiger partial charge is 0.379 e. The third-order valence-electron chi connectivity index (χ3n) is 4.38. The Bertz CT molecular complexity index is 251. The molecule has 1 saturated heterocycles. The zero-order valence-electron chi connectivity index (χ0n) is 15.4. The van der Waals surface area contributed by atoms with E-state index < -0.39 is 0 Å². The van der Waals surface area contributed by atoms with Crippen LogP contribution in [0.1, 0.15) is 47.0 Å². The van der Waals surface area contributed by atoms with Crippen LogP contribution < -0.4 is 0 Å². The van der Waals surface area contributed by atoms with Gasteiger partial charge in [0.2, 0.25) is 0 Å². The normalized spacial score (nSPS) is 17.7. The number of piperazine rings is 1. The van der Waals surface area contributed by atoms with Crippen LogP contribution in [0.4, 0.5) is 0 Å². The lowest BCUT2D eigenvalue weighted by atomic mass is 10.1. The molecule has 0 aliphatic carbocycles. The monoisotopic (exact) mass is 314 g/mol. The molecule has 0 spiro atoms. The second-order valence-corrected chi connectivity index (χ2v) is 7.09. The van der Waals surface area contributed by atoms with Crippen molar-refractivity contribution in [1.29, 1.82) is 0 Å². The number of ether oxygens (including phenoxy) is 2. The van der Waals surface area contributed by atoms with Gasteiger partial charge in [-0.15, -0.1) is 0 Å². The highest BCUT2D eigenvalue weighted by molar-refractivity contribution is 4.73. The Morgan fingerprint density at radius 3 is 2.00 bits per heavy atom. The summed E-state index contributed by atoms with van der Waals surface area (Å²) in [4.78, 5) is 5.05. The summed E-state index contributed by atoms with van der Waals surface area (Å²) in [5.74, 6) is 0.811. The summed E-state index contributed by atoms with van der Waals surface area (Å²) in [6.45, 7) is 18.1. The highest BCUT2D eigenvalue weighted by Gasteiger charge is 2.17. The summed E-state index contributed by atoms with van der Waals surface area (Å²) in [6, 6.07) is 0.677. The molecule has 1 heterocycles. The molecule has 0 aromatic rings. The molecule has 1 aliphatic rings. The van der Waals surface area contributed by atoms with Gasteiger partial charge in [0, 0.05) is 45.4 Å². The zero-order valence-corrected chi connectivity index (χ0v) is 15.4. The Balaban J connectivity index is 1.82. The molecule has 1 aliphatic heterocycles. The molecular weight excluding hydrogens is 276 g/mol. The van der Waals surface area contributed by atoms with Crippen LogP contribution >= 0.6 is 0 Å². The molecule has 0 radical (unpaired) electrons. The Labute approximate surface area is 138 Å². The van der Waals surface area contributed by atoms with E-state index in [1.165, 1.54) is 45.4 Å². The third-order valence-corrected chi connectivity index (χ3v) is 4.38. The minimum Gasteiger partial charge on any atom is -0.379 e. The van der Waals surface area contributed by atoms with E-state index in [1.54, 1.807) is 0 Å². The molecule has 22 heavy (non-hydrogen) atoms. The molecule has 0 saturated carbocycles. The quantitative estimate of drug-likeness (QED) is 0.517. The first-order valence-electron chi connectivity index (χ1n) is 9.21. The second-order valence-electron chi connectivity index (χ2n) is 7.09. The fraction of sp³-hybridized carbons (Fsp3) is 1.00. The minimum atomic E-state index is 0.677. The number of unbranched alkanes of at least 4 members (excludes halogenated alkanes) is 1. The zero-order chi connectivity index (χ0) is 16.2. The number of nitrogens with zero attached hydrogens (tertiary/aromatic N) is 2. The molecule has 132 valence electrons. The minimum absolute atomic E-state index is 0.677. The molecule has 0 bridgehead atoms. The maximum atomic E-state index is 5.68. The average molecular weight is 315 g/mol. The van der Waals surface area contributed by atoms with E-state index >= 15 is 0 Å². The van der Waals surface area contributed by atoms with E-state index in [0.29, 0.717) is 6.04 Å². The molecule has 0 unspecified atom stereocenters. The predicted molar refractivity (Wildman–Crippen MR) is 93.5 cm³/mol. The molecule has 4 heteroatoms. The molecule has 0 aromatic carbocycles. The van der Waals surface area contributed by atoms with E-state index in [-0.39, 0.29) is 0 Å². The maximum Gasteiger partial charge on any atom is 0.0701 e. The van der Waals surface area contributed by atoms with Gasteiger partial charge in [-0.25, -0.2) is 0 Å². The first-order chi connectivity index (χ1) is 10.6. The van der Waals surface area contributed by atoms with Crippen LogP contribution in [0.5, 0.6) is 0 Å². The van der Waals surface area contributed by atoms with Gasteiger partial charge in [-0.2, -0.15) is 0 Å². The van der Waals surface area contributed by atoms with Crippen molar-refractivity contribution < 1.29 is 9.47 Å². The van der Waals surface area contributed by atoms with Gasteiger partial charge in [-0.05, 0) is 26.2 Å². The maximum absolute atomic E-state index is 5.68. The van der Waals surface area contributed by atoms with Crippen LogP contribution in [-0.2, 0) is 9.47 Å². The van der Waals surface area contributed by atoms with Crippen LogP contribution in [0.25, 0.3) is 0 Å². The lowest BCUT2D eigenvalue weighted by Crippen LogP contribution is -2.49. The summed E-state index contributed by atoms with van der Waals surface area (Å²) >= 11 is 0. The van der Waals surface area contributed by atoms with Gasteiger partial charge in [0.25, 0.3) is 0 Å². The number of hydrogen-bond donors (Lipinski definition) is 0. The fourth-order valence-electron chi connectivity index (χ4n) is 2.78. The summed E-state index contributed by atoms with van der Waals surface area (Å²) in [6.07, 6.45) is 3.77. The average Bonchev–Trinajstić information content (AvgIpc) is 2.49. The van der Waals surface area contributed by atoms with Gasteiger partial charge in [-0.3, -0.25) is 9.80 Å². The highest BCUT2D eigenvalue weighted by Crippen LogP contribution is 2.06. The van der Waals surface area contributed by atoms with Gasteiger partial charge in [0.1, 0.15) is 0 Å². The summed E-state index contributed by atoms with van der Waals surface area (Å²) in [5, 5.41) is 0. The molecule has 1 fully saturated rings. The Morgan fingerprint density at radius 1 is 0.773 bits per heavy atom. The van der Waals surface area contributed by atoms with Crippen LogP contribution in [0.3, 0.4) is 0 Å². The van der Waals surface area contributed by atoms with E-state index in [2.05, 4.69) is 37.5 Å². The Kier molecular flexibility index (Phi) is 11.1. The summed E-state index contributed by atoms with van der Waals surface area (Å²) in [7, 11) is 0. The second kappa shape index (κ2) is 12.3. The van der Waals surface area contributed by atoms with E-state index in [4.69, 9.17) is 9.47 Å². The summed E-state index contributed by atoms with van der Waals surface area (Å²) < 4.78 is 11.3. The van der Waals surface area contributed by atoms with Crippen molar-refractivity contribution in [2.75, 3.05) is 59.2 Å². The van der Waals surface area contributed by atoms with Crippen molar-refractivity contribution in [2.24, 2.45) is 5.92 Å². The lowest BCUT2D eigenvalue weighted by molar-refractivity contribution is 0.0284.